The Morgan fingerprint density at radius 2 is 1.83 bits per heavy atom. The van der Waals surface area contributed by atoms with Crippen molar-refractivity contribution in [3.05, 3.63) is 0 Å². The average Bonchev–Trinajstić information content (AvgIpc) is 2.37. The molecule has 0 aromatic heterocycles. The quantitative estimate of drug-likeness (QED) is 0.231. The highest BCUT2D eigenvalue weighted by molar-refractivity contribution is 14.0. The van der Waals surface area contributed by atoms with Crippen molar-refractivity contribution < 1.29 is 13.2 Å². The summed E-state index contributed by atoms with van der Waals surface area (Å²) >= 11 is 0. The number of hydrogen-bond donors (Lipinski definition) is 2. The summed E-state index contributed by atoms with van der Waals surface area (Å²) in [6, 6.07) is 0. The van der Waals surface area contributed by atoms with E-state index in [1.807, 2.05) is 6.92 Å². The van der Waals surface area contributed by atoms with Crippen molar-refractivity contribution in [1.82, 2.24) is 15.5 Å². The van der Waals surface area contributed by atoms with Crippen LogP contribution in [0, 0.1) is 5.92 Å². The van der Waals surface area contributed by atoms with Gasteiger partial charge in [0.05, 0.1) is 6.54 Å². The summed E-state index contributed by atoms with van der Waals surface area (Å²) in [6.45, 7) is 8.03. The van der Waals surface area contributed by atoms with Gasteiger partial charge in [-0.25, -0.2) is 0 Å². The largest absolute Gasteiger partial charge is 0.401 e. The van der Waals surface area contributed by atoms with Crippen molar-refractivity contribution in [3.63, 3.8) is 0 Å². The van der Waals surface area contributed by atoms with Crippen LogP contribution in [-0.2, 0) is 0 Å². The topological polar surface area (TPSA) is 39.7 Å². The van der Waals surface area contributed by atoms with E-state index < -0.39 is 12.7 Å². The zero-order valence-corrected chi connectivity index (χ0v) is 17.0. The van der Waals surface area contributed by atoms with Crippen LogP contribution in [0.25, 0.3) is 0 Å². The molecule has 0 saturated heterocycles. The number of nitrogens with one attached hydrogen (secondary N) is 2. The maximum Gasteiger partial charge on any atom is 0.401 e. The van der Waals surface area contributed by atoms with E-state index in [1.54, 1.807) is 0 Å². The van der Waals surface area contributed by atoms with E-state index >= 15 is 0 Å². The van der Waals surface area contributed by atoms with Crippen molar-refractivity contribution in [2.45, 2.75) is 46.2 Å². The van der Waals surface area contributed by atoms with Gasteiger partial charge in [-0.1, -0.05) is 13.8 Å². The van der Waals surface area contributed by atoms with Crippen molar-refractivity contribution in [2.24, 2.45) is 10.9 Å². The first kappa shape index (κ1) is 25.0. The minimum Gasteiger partial charge on any atom is -0.357 e. The molecular formula is C15H32F3IN4. The Bertz CT molecular complexity index is 310. The summed E-state index contributed by atoms with van der Waals surface area (Å²) in [5.41, 5.74) is 0. The summed E-state index contributed by atoms with van der Waals surface area (Å²) in [5, 5.41) is 6.39. The third-order valence-electron chi connectivity index (χ3n) is 3.01. The number of aliphatic imine (C=N–C) groups is 1. The first-order valence-electron chi connectivity index (χ1n) is 8.02. The maximum absolute atomic E-state index is 12.2. The molecular weight excluding hydrogens is 420 g/mol. The van der Waals surface area contributed by atoms with Crippen LogP contribution in [0.5, 0.6) is 0 Å². The normalized spacial score (nSPS) is 12.5. The van der Waals surface area contributed by atoms with E-state index in [4.69, 9.17) is 0 Å². The van der Waals surface area contributed by atoms with Crippen molar-refractivity contribution in [3.8, 4) is 0 Å². The van der Waals surface area contributed by atoms with Crippen LogP contribution < -0.4 is 10.6 Å². The Morgan fingerprint density at radius 3 is 2.35 bits per heavy atom. The highest BCUT2D eigenvalue weighted by Gasteiger charge is 2.28. The smallest absolute Gasteiger partial charge is 0.357 e. The number of halogens is 4. The monoisotopic (exact) mass is 452 g/mol. The molecule has 8 heteroatoms. The molecule has 0 heterocycles. The first-order valence-corrected chi connectivity index (χ1v) is 8.02. The van der Waals surface area contributed by atoms with Gasteiger partial charge in [-0.15, -0.1) is 24.0 Å². The van der Waals surface area contributed by atoms with Crippen LogP contribution in [0.4, 0.5) is 13.2 Å². The van der Waals surface area contributed by atoms with Crippen LogP contribution in [0.3, 0.4) is 0 Å². The predicted octanol–water partition coefficient (Wildman–Crippen LogP) is 3.48. The summed E-state index contributed by atoms with van der Waals surface area (Å²) in [6.07, 6.45) is -1.29. The van der Waals surface area contributed by atoms with Gasteiger partial charge in [0, 0.05) is 19.6 Å². The molecule has 0 bridgehead atoms. The average molecular weight is 452 g/mol. The molecule has 0 aliphatic heterocycles. The fourth-order valence-corrected chi connectivity index (χ4v) is 1.98. The lowest BCUT2D eigenvalue weighted by Crippen LogP contribution is -2.38. The Kier molecular flexibility index (Phi) is 15.3. The van der Waals surface area contributed by atoms with Gasteiger partial charge in [-0.3, -0.25) is 9.89 Å². The Hall–Kier alpha value is -0.250. The molecule has 0 unspecified atom stereocenters. The lowest BCUT2D eigenvalue weighted by atomic mass is 10.1. The minimum atomic E-state index is -4.13. The Balaban J connectivity index is 0. The summed E-state index contributed by atoms with van der Waals surface area (Å²) in [5.74, 6) is 1.43. The number of rotatable bonds is 10. The van der Waals surface area contributed by atoms with Crippen LogP contribution in [0.15, 0.2) is 4.99 Å². The summed E-state index contributed by atoms with van der Waals surface area (Å²) in [4.78, 5) is 5.66. The fourth-order valence-electron chi connectivity index (χ4n) is 1.98. The standard InChI is InChI=1S/C15H31F3N4.HI/c1-5-19-14(20-9-6-8-13(2)3)21-10-7-11-22(4)12-15(16,17)18;/h13H,5-12H2,1-4H3,(H2,19,20,21);1H. The highest BCUT2D eigenvalue weighted by atomic mass is 127. The number of hydrogen-bond acceptors (Lipinski definition) is 2. The number of nitrogens with zero attached hydrogens (tertiary/aromatic N) is 2. The molecule has 0 radical (unpaired) electrons. The second-order valence-corrected chi connectivity index (χ2v) is 5.93. The molecule has 0 aliphatic rings. The zero-order valence-electron chi connectivity index (χ0n) is 14.7. The van der Waals surface area contributed by atoms with Gasteiger partial charge in [-0.2, -0.15) is 13.2 Å². The lowest BCUT2D eigenvalue weighted by Gasteiger charge is -2.18. The third-order valence-corrected chi connectivity index (χ3v) is 3.01. The lowest BCUT2D eigenvalue weighted by molar-refractivity contribution is -0.143. The molecule has 0 amide bonds. The molecule has 0 aromatic carbocycles. The van der Waals surface area contributed by atoms with Crippen LogP contribution >= 0.6 is 24.0 Å². The molecule has 2 N–H and O–H groups in total. The van der Waals surface area contributed by atoms with Crippen molar-refractivity contribution in [2.75, 3.05) is 39.8 Å². The van der Waals surface area contributed by atoms with Gasteiger partial charge in [0.2, 0.25) is 0 Å². The predicted molar refractivity (Wildman–Crippen MR) is 102 cm³/mol. The van der Waals surface area contributed by atoms with Gasteiger partial charge in [0.1, 0.15) is 0 Å². The molecule has 0 aromatic rings. The Labute approximate surface area is 155 Å². The van der Waals surface area contributed by atoms with Crippen LogP contribution in [0.2, 0.25) is 0 Å². The molecule has 0 rings (SSSR count). The summed E-state index contributed by atoms with van der Waals surface area (Å²) in [7, 11) is 1.48. The molecule has 0 spiro atoms. The van der Waals surface area contributed by atoms with Gasteiger partial charge < -0.3 is 10.6 Å². The molecule has 140 valence electrons. The first-order chi connectivity index (χ1) is 10.2. The van der Waals surface area contributed by atoms with Gasteiger partial charge in [0.25, 0.3) is 0 Å². The molecule has 0 fully saturated rings. The van der Waals surface area contributed by atoms with E-state index in [1.165, 1.54) is 11.9 Å². The second-order valence-electron chi connectivity index (χ2n) is 5.93. The molecule has 0 aliphatic carbocycles. The number of guanidine groups is 1. The van der Waals surface area contributed by atoms with Gasteiger partial charge >= 0.3 is 6.18 Å². The van der Waals surface area contributed by atoms with Crippen molar-refractivity contribution in [1.29, 1.82) is 0 Å². The Morgan fingerprint density at radius 1 is 1.17 bits per heavy atom. The van der Waals surface area contributed by atoms with Crippen molar-refractivity contribution >= 4 is 29.9 Å². The zero-order chi connectivity index (χ0) is 17.0. The van der Waals surface area contributed by atoms with Crippen LogP contribution in [-0.4, -0.2) is 56.8 Å². The molecule has 0 saturated carbocycles. The second kappa shape index (κ2) is 14.1. The molecule has 0 atom stereocenters. The van der Waals surface area contributed by atoms with E-state index in [2.05, 4.69) is 29.5 Å². The SMILES string of the molecule is CCNC(=NCCCN(C)CC(F)(F)F)NCCCC(C)C.I. The van der Waals surface area contributed by atoms with E-state index in [0.717, 1.165) is 31.9 Å². The fraction of sp³-hybridized carbons (Fsp3) is 0.933. The minimum absolute atomic E-state index is 0. The van der Waals surface area contributed by atoms with E-state index in [9.17, 15) is 13.2 Å². The third kappa shape index (κ3) is 17.9. The van der Waals surface area contributed by atoms with Gasteiger partial charge in [0.15, 0.2) is 5.96 Å². The highest BCUT2D eigenvalue weighted by Crippen LogP contribution is 2.15. The van der Waals surface area contributed by atoms with Gasteiger partial charge in [-0.05, 0) is 45.7 Å². The van der Waals surface area contributed by atoms with E-state index in [0.29, 0.717) is 25.4 Å². The van der Waals surface area contributed by atoms with E-state index in [-0.39, 0.29) is 24.0 Å². The summed E-state index contributed by atoms with van der Waals surface area (Å²) < 4.78 is 36.6. The maximum atomic E-state index is 12.2. The van der Waals surface area contributed by atoms with Crippen LogP contribution in [0.1, 0.15) is 40.0 Å². The number of alkyl halides is 3. The molecule has 4 nitrogen and oxygen atoms in total. The molecule has 23 heavy (non-hydrogen) atoms.